The van der Waals surface area contributed by atoms with Crippen LogP contribution in [0.2, 0.25) is 0 Å². The zero-order chi connectivity index (χ0) is 20.5. The highest BCUT2D eigenvalue weighted by molar-refractivity contribution is 7.92. The highest BCUT2D eigenvalue weighted by atomic mass is 32.2. The third kappa shape index (κ3) is 5.68. The highest BCUT2D eigenvalue weighted by Gasteiger charge is 2.30. The minimum Gasteiger partial charge on any atom is -0.280 e. The van der Waals surface area contributed by atoms with Crippen molar-refractivity contribution < 1.29 is 30.0 Å². The van der Waals surface area contributed by atoms with Crippen molar-refractivity contribution in [2.75, 3.05) is 11.3 Å². The Bertz CT molecular complexity index is 1030. The van der Waals surface area contributed by atoms with Crippen molar-refractivity contribution in [1.82, 2.24) is 4.72 Å². The number of rotatable bonds is 6. The zero-order valence-electron chi connectivity index (χ0n) is 14.3. The van der Waals surface area contributed by atoms with Crippen LogP contribution in [0.25, 0.3) is 0 Å². The number of benzene rings is 2. The molecule has 148 valence electrons. The van der Waals surface area contributed by atoms with Crippen LogP contribution in [0.1, 0.15) is 11.1 Å². The number of sulfonamides is 2. The monoisotopic (exact) mass is 422 g/mol. The molecule has 0 aliphatic rings. The maximum Gasteiger partial charge on any atom is 0.402 e. The van der Waals surface area contributed by atoms with E-state index in [0.717, 1.165) is 29.8 Å². The van der Waals surface area contributed by atoms with Gasteiger partial charge in [0.15, 0.2) is 0 Å². The summed E-state index contributed by atoms with van der Waals surface area (Å²) in [6, 6.07) is 9.26. The molecule has 0 unspecified atom stereocenters. The molecule has 2 aromatic rings. The molecule has 0 aromatic heterocycles. The fraction of sp³-hybridized carbons (Fsp3) is 0.250. The van der Waals surface area contributed by atoms with Gasteiger partial charge in [0.1, 0.15) is 6.54 Å². The average Bonchev–Trinajstić information content (AvgIpc) is 2.55. The van der Waals surface area contributed by atoms with Gasteiger partial charge in [0.05, 0.1) is 9.79 Å². The first-order valence-corrected chi connectivity index (χ1v) is 10.5. The molecule has 0 amide bonds. The Morgan fingerprint density at radius 3 is 2.04 bits per heavy atom. The molecule has 27 heavy (non-hydrogen) atoms. The standard InChI is InChI=1S/C16H17F3N2O4S2/c1-11-3-4-12(2)15(9-11)27(24,25)21-13-5-7-14(8-6-13)26(22,23)20-10-16(17,18)19/h3-9,20-21H,10H2,1-2H3. The quantitative estimate of drug-likeness (QED) is 0.749. The first-order valence-electron chi connectivity index (χ1n) is 7.57. The van der Waals surface area contributed by atoms with Crippen LogP contribution >= 0.6 is 0 Å². The molecular weight excluding hydrogens is 405 g/mol. The van der Waals surface area contributed by atoms with E-state index in [1.54, 1.807) is 26.0 Å². The van der Waals surface area contributed by atoms with Crippen LogP contribution in [0.4, 0.5) is 18.9 Å². The molecular formula is C16H17F3N2O4S2. The van der Waals surface area contributed by atoms with Gasteiger partial charge in [0.2, 0.25) is 10.0 Å². The third-order valence-electron chi connectivity index (χ3n) is 3.51. The normalized spacial score (nSPS) is 12.8. The van der Waals surface area contributed by atoms with Gasteiger partial charge >= 0.3 is 6.18 Å². The molecule has 0 heterocycles. The van der Waals surface area contributed by atoms with Crippen molar-refractivity contribution in [3.8, 4) is 0 Å². The van der Waals surface area contributed by atoms with E-state index in [-0.39, 0.29) is 10.6 Å². The van der Waals surface area contributed by atoms with Crippen molar-refractivity contribution in [2.24, 2.45) is 0 Å². The summed E-state index contributed by atoms with van der Waals surface area (Å²) in [7, 11) is -8.27. The maximum atomic E-state index is 12.5. The summed E-state index contributed by atoms with van der Waals surface area (Å²) in [5, 5.41) is 0. The molecule has 0 saturated carbocycles. The van der Waals surface area contributed by atoms with E-state index in [4.69, 9.17) is 0 Å². The zero-order valence-corrected chi connectivity index (χ0v) is 16.0. The minimum absolute atomic E-state index is 0.0747. The lowest BCUT2D eigenvalue weighted by Crippen LogP contribution is -2.33. The molecule has 2 N–H and O–H groups in total. The predicted molar refractivity (Wildman–Crippen MR) is 94.4 cm³/mol. The van der Waals surface area contributed by atoms with Crippen LogP contribution in [-0.2, 0) is 20.0 Å². The second-order valence-corrected chi connectivity index (χ2v) is 9.26. The Labute approximate surface area is 155 Å². The van der Waals surface area contributed by atoms with E-state index in [0.29, 0.717) is 5.56 Å². The van der Waals surface area contributed by atoms with Gasteiger partial charge in [0, 0.05) is 5.69 Å². The molecule has 0 aliphatic carbocycles. The van der Waals surface area contributed by atoms with Crippen LogP contribution in [0.3, 0.4) is 0 Å². The minimum atomic E-state index is -4.69. The second kappa shape index (κ2) is 7.49. The van der Waals surface area contributed by atoms with E-state index in [1.165, 1.54) is 10.8 Å². The van der Waals surface area contributed by atoms with Gasteiger partial charge in [-0.25, -0.2) is 21.6 Å². The van der Waals surface area contributed by atoms with Crippen molar-refractivity contribution in [3.63, 3.8) is 0 Å². The van der Waals surface area contributed by atoms with Crippen LogP contribution in [0.5, 0.6) is 0 Å². The highest BCUT2D eigenvalue weighted by Crippen LogP contribution is 2.22. The number of nitrogens with one attached hydrogen (secondary N) is 2. The topological polar surface area (TPSA) is 92.3 Å². The molecule has 0 fully saturated rings. The first kappa shape index (κ1) is 21.2. The Kier molecular flexibility index (Phi) is 5.88. The lowest BCUT2D eigenvalue weighted by atomic mass is 10.2. The first-order chi connectivity index (χ1) is 12.3. The maximum absolute atomic E-state index is 12.5. The Balaban J connectivity index is 2.21. The summed E-state index contributed by atoms with van der Waals surface area (Å²) in [5.74, 6) is 0. The lowest BCUT2D eigenvalue weighted by molar-refractivity contribution is -0.121. The Morgan fingerprint density at radius 2 is 1.48 bits per heavy atom. The summed E-state index contributed by atoms with van der Waals surface area (Å²) >= 11 is 0. The van der Waals surface area contributed by atoms with E-state index >= 15 is 0 Å². The van der Waals surface area contributed by atoms with E-state index in [2.05, 4.69) is 4.72 Å². The predicted octanol–water partition coefficient (Wildman–Crippen LogP) is 2.94. The summed E-state index contributed by atoms with van der Waals surface area (Å²) in [6.45, 7) is 1.68. The fourth-order valence-electron chi connectivity index (χ4n) is 2.17. The fourth-order valence-corrected chi connectivity index (χ4v) is 4.57. The average molecular weight is 422 g/mol. The van der Waals surface area contributed by atoms with Crippen LogP contribution in [-0.4, -0.2) is 29.6 Å². The SMILES string of the molecule is Cc1ccc(C)c(S(=O)(=O)Nc2ccc(S(=O)(=O)NCC(F)(F)F)cc2)c1. The second-order valence-electron chi connectivity index (χ2n) is 5.84. The molecule has 0 bridgehead atoms. The Morgan fingerprint density at radius 1 is 0.889 bits per heavy atom. The van der Waals surface area contributed by atoms with Crippen molar-refractivity contribution in [2.45, 2.75) is 29.8 Å². The molecule has 0 spiro atoms. The molecule has 11 heteroatoms. The van der Waals surface area contributed by atoms with Gasteiger partial charge in [-0.2, -0.15) is 13.2 Å². The number of hydrogen-bond donors (Lipinski definition) is 2. The summed E-state index contributed by atoms with van der Waals surface area (Å²) in [4.78, 5) is -0.340. The van der Waals surface area contributed by atoms with Crippen molar-refractivity contribution in [1.29, 1.82) is 0 Å². The van der Waals surface area contributed by atoms with Crippen LogP contribution < -0.4 is 9.44 Å². The number of alkyl halides is 3. The number of hydrogen-bond acceptors (Lipinski definition) is 4. The van der Waals surface area contributed by atoms with Gasteiger partial charge in [-0.05, 0) is 55.3 Å². The van der Waals surface area contributed by atoms with Gasteiger partial charge in [-0.3, -0.25) is 4.72 Å². The van der Waals surface area contributed by atoms with E-state index in [9.17, 15) is 30.0 Å². The van der Waals surface area contributed by atoms with E-state index < -0.39 is 37.7 Å². The third-order valence-corrected chi connectivity index (χ3v) is 6.45. The molecule has 0 radical (unpaired) electrons. The molecule has 2 rings (SSSR count). The number of anilines is 1. The van der Waals surface area contributed by atoms with Crippen LogP contribution in [0.15, 0.2) is 52.3 Å². The molecule has 6 nitrogen and oxygen atoms in total. The smallest absolute Gasteiger partial charge is 0.280 e. The van der Waals surface area contributed by atoms with Gasteiger partial charge in [0.25, 0.3) is 10.0 Å². The molecule has 0 saturated heterocycles. The van der Waals surface area contributed by atoms with Crippen molar-refractivity contribution >= 4 is 25.7 Å². The molecule has 0 atom stereocenters. The lowest BCUT2D eigenvalue weighted by Gasteiger charge is -2.12. The summed E-state index contributed by atoms with van der Waals surface area (Å²) < 4.78 is 88.9. The van der Waals surface area contributed by atoms with Crippen LogP contribution in [0, 0.1) is 13.8 Å². The van der Waals surface area contributed by atoms with Gasteiger partial charge < -0.3 is 0 Å². The Hall–Kier alpha value is -2.11. The molecule has 0 aliphatic heterocycles. The summed E-state index contributed by atoms with van der Waals surface area (Å²) in [5.41, 5.74) is 1.35. The van der Waals surface area contributed by atoms with E-state index in [1.807, 2.05) is 0 Å². The molecule has 2 aromatic carbocycles. The number of aryl methyl sites for hydroxylation is 2. The number of halogens is 3. The largest absolute Gasteiger partial charge is 0.402 e. The van der Waals surface area contributed by atoms with Gasteiger partial charge in [-0.1, -0.05) is 12.1 Å². The van der Waals surface area contributed by atoms with Crippen molar-refractivity contribution in [3.05, 3.63) is 53.6 Å². The van der Waals surface area contributed by atoms with Gasteiger partial charge in [-0.15, -0.1) is 0 Å². The summed E-state index contributed by atoms with van der Waals surface area (Å²) in [6.07, 6.45) is -4.69.